The second kappa shape index (κ2) is 4.23. The molecule has 17 heavy (non-hydrogen) atoms. The number of aryl methyl sites for hydroxylation is 2. The van der Waals surface area contributed by atoms with E-state index < -0.39 is 0 Å². The van der Waals surface area contributed by atoms with Crippen molar-refractivity contribution in [3.63, 3.8) is 0 Å². The first-order valence-corrected chi connectivity index (χ1v) is 6.77. The third kappa shape index (κ3) is 1.89. The fourth-order valence-corrected chi connectivity index (χ4v) is 3.04. The summed E-state index contributed by atoms with van der Waals surface area (Å²) in [6, 6.07) is 0. The summed E-state index contributed by atoms with van der Waals surface area (Å²) in [4.78, 5) is 16.6. The summed E-state index contributed by atoms with van der Waals surface area (Å²) >= 11 is 1.50. The minimum Gasteiger partial charge on any atom is -0.316 e. The number of nitrogens with one attached hydrogen (secondary N) is 1. The van der Waals surface area contributed by atoms with Gasteiger partial charge in [-0.1, -0.05) is 0 Å². The van der Waals surface area contributed by atoms with Gasteiger partial charge in [-0.05, 0) is 43.3 Å². The van der Waals surface area contributed by atoms with Crippen LogP contribution in [0.4, 0.5) is 0 Å². The van der Waals surface area contributed by atoms with Crippen LogP contribution in [0, 0.1) is 12.8 Å². The maximum atomic E-state index is 12.2. The average Bonchev–Trinajstić information content (AvgIpc) is 2.62. The van der Waals surface area contributed by atoms with Crippen LogP contribution in [0.3, 0.4) is 0 Å². The molecule has 2 aromatic rings. The van der Waals surface area contributed by atoms with Crippen LogP contribution in [-0.2, 0) is 6.54 Å². The monoisotopic (exact) mass is 249 g/mol. The molecule has 0 aromatic carbocycles. The molecule has 0 unspecified atom stereocenters. The van der Waals surface area contributed by atoms with Crippen LogP contribution < -0.4 is 10.9 Å². The Morgan fingerprint density at radius 1 is 1.59 bits per heavy atom. The number of aromatic nitrogens is 2. The van der Waals surface area contributed by atoms with Crippen molar-refractivity contribution in [3.8, 4) is 0 Å². The van der Waals surface area contributed by atoms with Gasteiger partial charge in [-0.2, -0.15) is 0 Å². The van der Waals surface area contributed by atoms with E-state index in [0.717, 1.165) is 47.8 Å². The normalized spacial score (nSPS) is 16.3. The highest BCUT2D eigenvalue weighted by Gasteiger charge is 2.17. The minimum absolute atomic E-state index is 0.111. The van der Waals surface area contributed by atoms with E-state index in [-0.39, 0.29) is 5.56 Å². The van der Waals surface area contributed by atoms with Crippen LogP contribution in [0.1, 0.15) is 12.0 Å². The third-order valence-electron chi connectivity index (χ3n) is 3.37. The minimum atomic E-state index is 0.111. The highest BCUT2D eigenvalue weighted by atomic mass is 32.1. The second-order valence-corrected chi connectivity index (χ2v) is 5.53. The van der Waals surface area contributed by atoms with Crippen molar-refractivity contribution in [1.82, 2.24) is 14.9 Å². The second-order valence-electron chi connectivity index (χ2n) is 4.65. The van der Waals surface area contributed by atoms with Crippen molar-refractivity contribution >= 4 is 21.6 Å². The maximum Gasteiger partial charge on any atom is 0.271 e. The van der Waals surface area contributed by atoms with Gasteiger partial charge in [0, 0.05) is 6.54 Å². The van der Waals surface area contributed by atoms with Gasteiger partial charge in [-0.15, -0.1) is 11.3 Å². The summed E-state index contributed by atoms with van der Waals surface area (Å²) in [5, 5.41) is 5.24. The predicted molar refractivity (Wildman–Crippen MR) is 69.6 cm³/mol. The standard InChI is InChI=1S/C12H15N3OS/c1-8-6-17-11-10(8)14-7-15(12(11)16)3-2-9-4-13-5-9/h6-7,9,13H,2-5H2,1H3. The molecule has 90 valence electrons. The summed E-state index contributed by atoms with van der Waals surface area (Å²) in [5.41, 5.74) is 2.07. The molecule has 0 aliphatic carbocycles. The molecule has 1 aliphatic heterocycles. The van der Waals surface area contributed by atoms with E-state index in [1.54, 1.807) is 10.9 Å². The molecule has 0 bridgehead atoms. The molecular weight excluding hydrogens is 234 g/mol. The van der Waals surface area contributed by atoms with Gasteiger partial charge < -0.3 is 5.32 Å². The Kier molecular flexibility index (Phi) is 2.72. The molecule has 4 nitrogen and oxygen atoms in total. The molecule has 3 rings (SSSR count). The largest absolute Gasteiger partial charge is 0.316 e. The van der Waals surface area contributed by atoms with Crippen molar-refractivity contribution in [2.45, 2.75) is 19.9 Å². The predicted octanol–water partition coefficient (Wildman–Crippen LogP) is 1.38. The van der Waals surface area contributed by atoms with E-state index in [9.17, 15) is 4.79 Å². The Bertz CT molecular complexity index is 597. The first kappa shape index (κ1) is 10.9. The molecule has 0 radical (unpaired) electrons. The van der Waals surface area contributed by atoms with Crippen molar-refractivity contribution in [2.24, 2.45) is 5.92 Å². The quantitative estimate of drug-likeness (QED) is 0.894. The number of hydrogen-bond acceptors (Lipinski definition) is 4. The third-order valence-corrected chi connectivity index (χ3v) is 4.44. The summed E-state index contributed by atoms with van der Waals surface area (Å²) < 4.78 is 2.54. The van der Waals surface area contributed by atoms with Crippen LogP contribution in [0.25, 0.3) is 10.2 Å². The van der Waals surface area contributed by atoms with E-state index in [1.165, 1.54) is 11.3 Å². The Morgan fingerprint density at radius 3 is 3.12 bits per heavy atom. The fraction of sp³-hybridized carbons (Fsp3) is 0.500. The van der Waals surface area contributed by atoms with E-state index in [1.807, 2.05) is 12.3 Å². The van der Waals surface area contributed by atoms with Gasteiger partial charge in [-0.3, -0.25) is 9.36 Å². The zero-order valence-electron chi connectivity index (χ0n) is 9.77. The van der Waals surface area contributed by atoms with Crippen molar-refractivity contribution in [2.75, 3.05) is 13.1 Å². The molecule has 3 heterocycles. The molecule has 1 N–H and O–H groups in total. The summed E-state index contributed by atoms with van der Waals surface area (Å²) in [7, 11) is 0. The molecule has 0 atom stereocenters. The summed E-state index contributed by atoms with van der Waals surface area (Å²) in [6.07, 6.45) is 2.75. The Hall–Kier alpha value is -1.20. The lowest BCUT2D eigenvalue weighted by molar-refractivity contribution is 0.310. The van der Waals surface area contributed by atoms with Crippen LogP contribution in [0.15, 0.2) is 16.5 Å². The molecule has 1 aliphatic rings. The Labute approximate surface area is 103 Å². The number of thiophene rings is 1. The number of fused-ring (bicyclic) bond motifs is 1. The molecule has 0 amide bonds. The lowest BCUT2D eigenvalue weighted by Crippen LogP contribution is -2.42. The summed E-state index contributed by atoms with van der Waals surface area (Å²) in [6.45, 7) is 4.95. The molecule has 1 fully saturated rings. The first-order valence-electron chi connectivity index (χ1n) is 5.89. The zero-order chi connectivity index (χ0) is 11.8. The van der Waals surface area contributed by atoms with Gasteiger partial charge in [0.15, 0.2) is 0 Å². The van der Waals surface area contributed by atoms with Crippen LogP contribution in [0.2, 0.25) is 0 Å². The van der Waals surface area contributed by atoms with Crippen LogP contribution in [0.5, 0.6) is 0 Å². The number of nitrogens with zero attached hydrogens (tertiary/aromatic N) is 2. The van der Waals surface area contributed by atoms with Gasteiger partial charge in [0.1, 0.15) is 4.70 Å². The summed E-state index contributed by atoms with van der Waals surface area (Å²) in [5.74, 6) is 0.725. The van der Waals surface area contributed by atoms with Crippen molar-refractivity contribution in [3.05, 3.63) is 27.6 Å². The molecule has 2 aromatic heterocycles. The van der Waals surface area contributed by atoms with Gasteiger partial charge in [0.25, 0.3) is 5.56 Å². The fourth-order valence-electron chi connectivity index (χ4n) is 2.09. The lowest BCUT2D eigenvalue weighted by atomic mass is 10.00. The van der Waals surface area contributed by atoms with Crippen LogP contribution in [-0.4, -0.2) is 22.6 Å². The average molecular weight is 249 g/mol. The lowest BCUT2D eigenvalue weighted by Gasteiger charge is -2.27. The van der Waals surface area contributed by atoms with E-state index in [4.69, 9.17) is 0 Å². The van der Waals surface area contributed by atoms with E-state index in [2.05, 4.69) is 10.3 Å². The Balaban J connectivity index is 1.89. The van der Waals surface area contributed by atoms with Gasteiger partial charge in [0.2, 0.25) is 0 Å². The molecule has 1 saturated heterocycles. The van der Waals surface area contributed by atoms with Gasteiger partial charge >= 0.3 is 0 Å². The highest BCUT2D eigenvalue weighted by molar-refractivity contribution is 7.17. The number of hydrogen-bond donors (Lipinski definition) is 1. The zero-order valence-corrected chi connectivity index (χ0v) is 10.6. The van der Waals surface area contributed by atoms with Gasteiger partial charge in [0.05, 0.1) is 11.8 Å². The van der Waals surface area contributed by atoms with Gasteiger partial charge in [-0.25, -0.2) is 4.98 Å². The topological polar surface area (TPSA) is 46.9 Å². The smallest absolute Gasteiger partial charge is 0.271 e. The van der Waals surface area contributed by atoms with Crippen molar-refractivity contribution < 1.29 is 0 Å². The molecule has 5 heteroatoms. The SMILES string of the molecule is Cc1csc2c(=O)n(CCC3CNC3)cnc12. The first-order chi connectivity index (χ1) is 8.25. The molecule has 0 saturated carbocycles. The Morgan fingerprint density at radius 2 is 2.41 bits per heavy atom. The molecule has 0 spiro atoms. The van der Waals surface area contributed by atoms with E-state index >= 15 is 0 Å². The number of rotatable bonds is 3. The molecular formula is C12H15N3OS. The van der Waals surface area contributed by atoms with Crippen LogP contribution >= 0.6 is 11.3 Å². The highest BCUT2D eigenvalue weighted by Crippen LogP contribution is 2.19. The van der Waals surface area contributed by atoms with Crippen molar-refractivity contribution in [1.29, 1.82) is 0 Å². The maximum absolute atomic E-state index is 12.2. The van der Waals surface area contributed by atoms with E-state index in [0.29, 0.717) is 0 Å².